The van der Waals surface area contributed by atoms with Crippen molar-refractivity contribution in [2.45, 2.75) is 18.6 Å². The molecule has 1 fully saturated rings. The highest BCUT2D eigenvalue weighted by Gasteiger charge is 2.42. The maximum absolute atomic E-state index is 12.2. The molecule has 0 radical (unpaired) electrons. The highest BCUT2D eigenvalue weighted by molar-refractivity contribution is 6.02. The summed E-state index contributed by atoms with van der Waals surface area (Å²) < 4.78 is 1.35. The van der Waals surface area contributed by atoms with Crippen LogP contribution in [0.4, 0.5) is 0 Å². The van der Waals surface area contributed by atoms with Crippen molar-refractivity contribution in [3.63, 3.8) is 0 Å². The largest absolute Gasteiger partial charge is 0.369 e. The average Bonchev–Trinajstić information content (AvgIpc) is 3.31. The molecule has 0 aliphatic carbocycles. The number of primary amides is 1. The SMILES string of the molecule is CN1CC[C@@](O)(C#Cc2cccc(-n3nc(C(N)=O)c4c3C(=O)NC4)c2)C1=O. The van der Waals surface area contributed by atoms with Crippen molar-refractivity contribution in [2.75, 3.05) is 13.6 Å². The van der Waals surface area contributed by atoms with Crippen LogP contribution in [0, 0.1) is 11.8 Å². The number of hydrogen-bond donors (Lipinski definition) is 3. The van der Waals surface area contributed by atoms with Gasteiger partial charge in [0.15, 0.2) is 5.69 Å². The molecule has 142 valence electrons. The van der Waals surface area contributed by atoms with Crippen molar-refractivity contribution in [3.8, 4) is 17.5 Å². The summed E-state index contributed by atoms with van der Waals surface area (Å²) >= 11 is 0. The monoisotopic (exact) mass is 379 g/mol. The van der Waals surface area contributed by atoms with Gasteiger partial charge in [0, 0.05) is 37.7 Å². The normalized spacial score (nSPS) is 20.6. The highest BCUT2D eigenvalue weighted by Crippen LogP contribution is 2.24. The lowest BCUT2D eigenvalue weighted by Crippen LogP contribution is -2.37. The minimum absolute atomic E-state index is 0.0405. The van der Waals surface area contributed by atoms with Gasteiger partial charge in [0.05, 0.1) is 5.69 Å². The van der Waals surface area contributed by atoms with Crippen LogP contribution in [0.25, 0.3) is 5.69 Å². The van der Waals surface area contributed by atoms with Crippen molar-refractivity contribution >= 4 is 17.7 Å². The fourth-order valence-electron chi connectivity index (χ4n) is 3.35. The van der Waals surface area contributed by atoms with E-state index in [1.54, 1.807) is 31.3 Å². The van der Waals surface area contributed by atoms with Crippen LogP contribution in [-0.4, -0.2) is 56.7 Å². The summed E-state index contributed by atoms with van der Waals surface area (Å²) in [6.07, 6.45) is 0.240. The number of nitrogens with zero attached hydrogens (tertiary/aromatic N) is 3. The summed E-state index contributed by atoms with van der Waals surface area (Å²) in [6, 6.07) is 6.78. The van der Waals surface area contributed by atoms with Crippen LogP contribution in [0.1, 0.15) is 38.5 Å². The number of carbonyl (C=O) groups is 3. The van der Waals surface area contributed by atoms with E-state index in [0.29, 0.717) is 23.4 Å². The standard InChI is InChI=1S/C19H17N5O4/c1-23-8-7-19(28,18(23)27)6-5-11-3-2-4-12(9-11)24-15-13(10-21-17(15)26)14(22-24)16(20)25/h2-4,9,28H,7-8,10H2,1H3,(H2,20,25)(H,21,26)/t19-/m0/s1. The molecule has 0 bridgehead atoms. The maximum Gasteiger partial charge on any atom is 0.270 e. The molecule has 1 aromatic carbocycles. The van der Waals surface area contributed by atoms with E-state index in [4.69, 9.17) is 5.73 Å². The third kappa shape index (κ3) is 2.71. The van der Waals surface area contributed by atoms with Crippen LogP contribution in [0.3, 0.4) is 0 Å². The molecule has 4 rings (SSSR count). The Balaban J connectivity index is 1.73. The van der Waals surface area contributed by atoms with Crippen LogP contribution in [-0.2, 0) is 11.3 Å². The molecule has 0 saturated carbocycles. The first-order valence-electron chi connectivity index (χ1n) is 8.61. The number of benzene rings is 1. The predicted octanol–water partition coefficient (Wildman–Crippen LogP) is -0.841. The van der Waals surface area contributed by atoms with Crippen molar-refractivity contribution in [1.29, 1.82) is 0 Å². The molecule has 4 N–H and O–H groups in total. The molecule has 9 heteroatoms. The van der Waals surface area contributed by atoms with Gasteiger partial charge in [-0.15, -0.1) is 0 Å². The summed E-state index contributed by atoms with van der Waals surface area (Å²) in [5.74, 6) is 3.98. The average molecular weight is 379 g/mol. The van der Waals surface area contributed by atoms with E-state index in [-0.39, 0.29) is 30.3 Å². The minimum atomic E-state index is -1.70. The number of amides is 3. The van der Waals surface area contributed by atoms with Crippen LogP contribution < -0.4 is 11.1 Å². The Kier molecular flexibility index (Phi) is 3.94. The zero-order chi connectivity index (χ0) is 20.1. The first-order chi connectivity index (χ1) is 13.3. The molecule has 1 aromatic heterocycles. The van der Waals surface area contributed by atoms with Crippen LogP contribution in [0.5, 0.6) is 0 Å². The first kappa shape index (κ1) is 17.8. The third-order valence-corrected chi connectivity index (χ3v) is 4.87. The maximum atomic E-state index is 12.2. The number of likely N-dealkylation sites (N-methyl/N-ethyl adjacent to an activating group) is 1. The van der Waals surface area contributed by atoms with E-state index >= 15 is 0 Å². The Morgan fingerprint density at radius 2 is 2.18 bits per heavy atom. The van der Waals surface area contributed by atoms with E-state index in [1.165, 1.54) is 9.58 Å². The molecule has 28 heavy (non-hydrogen) atoms. The van der Waals surface area contributed by atoms with Crippen molar-refractivity contribution in [2.24, 2.45) is 5.73 Å². The molecule has 2 aliphatic heterocycles. The molecule has 1 saturated heterocycles. The van der Waals surface area contributed by atoms with Gasteiger partial charge in [-0.05, 0) is 18.2 Å². The van der Waals surface area contributed by atoms with Crippen LogP contribution in [0.2, 0.25) is 0 Å². The van der Waals surface area contributed by atoms with E-state index in [9.17, 15) is 19.5 Å². The molecule has 9 nitrogen and oxygen atoms in total. The lowest BCUT2D eigenvalue weighted by molar-refractivity contribution is -0.137. The highest BCUT2D eigenvalue weighted by atomic mass is 16.3. The van der Waals surface area contributed by atoms with Gasteiger partial charge in [-0.3, -0.25) is 14.4 Å². The Bertz CT molecular complexity index is 1090. The second-order valence-electron chi connectivity index (χ2n) is 6.77. The van der Waals surface area contributed by atoms with E-state index in [0.717, 1.165) is 0 Å². The Morgan fingerprint density at radius 1 is 1.39 bits per heavy atom. The predicted molar refractivity (Wildman–Crippen MR) is 97.3 cm³/mol. The molecular weight excluding hydrogens is 362 g/mol. The van der Waals surface area contributed by atoms with E-state index in [2.05, 4.69) is 22.3 Å². The smallest absolute Gasteiger partial charge is 0.270 e. The number of hydrogen-bond acceptors (Lipinski definition) is 5. The van der Waals surface area contributed by atoms with Crippen molar-refractivity contribution in [3.05, 3.63) is 46.8 Å². The van der Waals surface area contributed by atoms with Crippen molar-refractivity contribution < 1.29 is 19.5 Å². The van der Waals surface area contributed by atoms with Gasteiger partial charge < -0.3 is 21.1 Å². The Labute approximate surface area is 160 Å². The zero-order valence-corrected chi connectivity index (χ0v) is 15.0. The summed E-state index contributed by atoms with van der Waals surface area (Å²) in [5, 5.41) is 17.3. The fourth-order valence-corrected chi connectivity index (χ4v) is 3.35. The second kappa shape index (κ2) is 6.21. The summed E-state index contributed by atoms with van der Waals surface area (Å²) in [4.78, 5) is 37.3. The molecule has 0 spiro atoms. The number of likely N-dealkylation sites (tertiary alicyclic amines) is 1. The van der Waals surface area contributed by atoms with Gasteiger partial charge in [0.1, 0.15) is 5.69 Å². The van der Waals surface area contributed by atoms with Crippen molar-refractivity contribution in [1.82, 2.24) is 20.0 Å². The topological polar surface area (TPSA) is 131 Å². The summed E-state index contributed by atoms with van der Waals surface area (Å²) in [6.45, 7) is 0.628. The van der Waals surface area contributed by atoms with E-state index < -0.39 is 17.4 Å². The number of aliphatic hydroxyl groups is 1. The van der Waals surface area contributed by atoms with Gasteiger partial charge in [-0.25, -0.2) is 4.68 Å². The number of nitrogens with one attached hydrogen (secondary N) is 1. The number of carbonyl (C=O) groups excluding carboxylic acids is 3. The number of rotatable bonds is 2. The Hall–Kier alpha value is -3.64. The molecule has 1 atom stereocenters. The second-order valence-corrected chi connectivity index (χ2v) is 6.77. The first-order valence-corrected chi connectivity index (χ1v) is 8.61. The number of fused-ring (bicyclic) bond motifs is 1. The van der Waals surface area contributed by atoms with Crippen LogP contribution >= 0.6 is 0 Å². The minimum Gasteiger partial charge on any atom is -0.369 e. The van der Waals surface area contributed by atoms with E-state index in [1.807, 2.05) is 0 Å². The van der Waals surface area contributed by atoms with Crippen LogP contribution in [0.15, 0.2) is 24.3 Å². The van der Waals surface area contributed by atoms with Gasteiger partial charge >= 0.3 is 0 Å². The molecule has 3 amide bonds. The number of aromatic nitrogens is 2. The molecule has 0 unspecified atom stereocenters. The quantitative estimate of drug-likeness (QED) is 0.586. The van der Waals surface area contributed by atoms with Gasteiger partial charge in [-0.2, -0.15) is 5.10 Å². The number of nitrogens with two attached hydrogens (primary N) is 1. The van der Waals surface area contributed by atoms with Gasteiger partial charge in [0.2, 0.25) is 5.60 Å². The molecular formula is C19H17N5O4. The lowest BCUT2D eigenvalue weighted by Gasteiger charge is -2.13. The summed E-state index contributed by atoms with van der Waals surface area (Å²) in [5.41, 5.74) is 5.46. The molecule has 2 aromatic rings. The summed E-state index contributed by atoms with van der Waals surface area (Å²) in [7, 11) is 1.61. The molecule has 3 heterocycles. The van der Waals surface area contributed by atoms with Gasteiger partial charge in [0.25, 0.3) is 17.7 Å². The van der Waals surface area contributed by atoms with Gasteiger partial charge in [-0.1, -0.05) is 17.9 Å². The molecule has 2 aliphatic rings. The Morgan fingerprint density at radius 3 is 2.86 bits per heavy atom. The fraction of sp³-hybridized carbons (Fsp3) is 0.263. The lowest BCUT2D eigenvalue weighted by atomic mass is 10.0. The third-order valence-electron chi connectivity index (χ3n) is 4.87. The zero-order valence-electron chi connectivity index (χ0n) is 15.0.